The van der Waals surface area contributed by atoms with Gasteiger partial charge in [-0.2, -0.15) is 4.98 Å². The molecule has 4 rings (SSSR count). The molecule has 1 aliphatic heterocycles. The number of nitrogens with zero attached hydrogens (tertiary/aromatic N) is 3. The molecule has 32 heavy (non-hydrogen) atoms. The van der Waals surface area contributed by atoms with Gasteiger partial charge in [0.15, 0.2) is 27.2 Å². The molecule has 2 fully saturated rings. The van der Waals surface area contributed by atoms with Gasteiger partial charge >= 0.3 is 6.01 Å². The fourth-order valence-corrected chi connectivity index (χ4v) is 5.46. The van der Waals surface area contributed by atoms with Crippen LogP contribution in [-0.2, 0) is 9.84 Å². The average Bonchev–Trinajstić information content (AvgIpc) is 3.37. The highest BCUT2D eigenvalue weighted by atomic mass is 32.2. The summed E-state index contributed by atoms with van der Waals surface area (Å²) in [5.74, 6) is 2.47. The molecule has 0 radical (unpaired) electrons. The summed E-state index contributed by atoms with van der Waals surface area (Å²) >= 11 is 0. The van der Waals surface area contributed by atoms with Crippen molar-refractivity contribution < 1.29 is 22.1 Å². The average molecular weight is 466 g/mol. The molecule has 1 aromatic carbocycles. The van der Waals surface area contributed by atoms with Crippen molar-refractivity contribution in [1.82, 2.24) is 10.1 Å². The van der Waals surface area contributed by atoms with Crippen LogP contribution in [-0.4, -0.2) is 44.0 Å². The van der Waals surface area contributed by atoms with E-state index in [1.165, 1.54) is 18.6 Å². The molecule has 2 heterocycles. The van der Waals surface area contributed by atoms with E-state index in [-0.39, 0.29) is 22.3 Å². The molecule has 176 valence electrons. The van der Waals surface area contributed by atoms with E-state index in [1.54, 1.807) is 6.92 Å². The first-order valence-electron chi connectivity index (χ1n) is 11.5. The maximum absolute atomic E-state index is 14.2. The SMILES string of the molecule is CCS(=O)(=O)c1ccc(OCC[C@@H]2C[C@H]2C2CCN(c3nc(C(C)C)no3)CC2)c(F)c1. The highest BCUT2D eigenvalue weighted by Gasteiger charge is 2.43. The van der Waals surface area contributed by atoms with Crippen molar-refractivity contribution in [2.24, 2.45) is 17.8 Å². The van der Waals surface area contributed by atoms with Gasteiger partial charge in [0.25, 0.3) is 0 Å². The molecule has 0 unspecified atom stereocenters. The topological polar surface area (TPSA) is 85.5 Å². The Hall–Kier alpha value is -2.16. The molecule has 1 aliphatic carbocycles. The van der Waals surface area contributed by atoms with Crippen LogP contribution in [0.15, 0.2) is 27.6 Å². The van der Waals surface area contributed by atoms with E-state index in [4.69, 9.17) is 9.26 Å². The maximum Gasteiger partial charge on any atom is 0.324 e. The summed E-state index contributed by atoms with van der Waals surface area (Å²) in [6.45, 7) is 7.96. The second kappa shape index (κ2) is 9.37. The summed E-state index contributed by atoms with van der Waals surface area (Å²) in [5.41, 5.74) is 0. The second-order valence-electron chi connectivity index (χ2n) is 9.21. The van der Waals surface area contributed by atoms with E-state index in [0.717, 1.165) is 44.2 Å². The van der Waals surface area contributed by atoms with Crippen molar-refractivity contribution in [3.8, 4) is 5.75 Å². The summed E-state index contributed by atoms with van der Waals surface area (Å²) in [5, 5.41) is 4.06. The van der Waals surface area contributed by atoms with Gasteiger partial charge < -0.3 is 14.2 Å². The lowest BCUT2D eigenvalue weighted by atomic mass is 9.90. The van der Waals surface area contributed by atoms with E-state index < -0.39 is 15.7 Å². The Balaban J connectivity index is 1.20. The highest BCUT2D eigenvalue weighted by Crippen LogP contribution is 2.50. The lowest BCUT2D eigenvalue weighted by Gasteiger charge is -2.30. The summed E-state index contributed by atoms with van der Waals surface area (Å²) in [4.78, 5) is 6.68. The normalized spacial score (nSPS) is 21.8. The fourth-order valence-electron chi connectivity index (χ4n) is 4.57. The third-order valence-corrected chi connectivity index (χ3v) is 8.46. The van der Waals surface area contributed by atoms with Gasteiger partial charge in [-0.25, -0.2) is 12.8 Å². The van der Waals surface area contributed by atoms with Crippen molar-refractivity contribution in [1.29, 1.82) is 0 Å². The molecule has 9 heteroatoms. The van der Waals surface area contributed by atoms with Crippen molar-refractivity contribution in [2.45, 2.75) is 57.3 Å². The minimum absolute atomic E-state index is 0.000548. The van der Waals surface area contributed by atoms with Crippen LogP contribution in [0.3, 0.4) is 0 Å². The molecular formula is C23H32FN3O4S. The third kappa shape index (κ3) is 5.08. The van der Waals surface area contributed by atoms with Crippen molar-refractivity contribution in [3.63, 3.8) is 0 Å². The van der Waals surface area contributed by atoms with Gasteiger partial charge in [-0.15, -0.1) is 0 Å². The smallest absolute Gasteiger partial charge is 0.324 e. The van der Waals surface area contributed by atoms with Crippen molar-refractivity contribution in [3.05, 3.63) is 29.8 Å². The predicted molar refractivity (Wildman–Crippen MR) is 119 cm³/mol. The van der Waals surface area contributed by atoms with Gasteiger partial charge in [-0.1, -0.05) is 25.9 Å². The van der Waals surface area contributed by atoms with Gasteiger partial charge in [0.05, 0.1) is 17.3 Å². The number of benzene rings is 1. The molecule has 7 nitrogen and oxygen atoms in total. The minimum atomic E-state index is -3.42. The lowest BCUT2D eigenvalue weighted by molar-refractivity contribution is 0.272. The third-order valence-electron chi connectivity index (χ3n) is 6.73. The number of sulfone groups is 1. The van der Waals surface area contributed by atoms with E-state index in [1.807, 2.05) is 0 Å². The Morgan fingerprint density at radius 2 is 2.03 bits per heavy atom. The van der Waals surface area contributed by atoms with Crippen LogP contribution in [0.4, 0.5) is 10.4 Å². The van der Waals surface area contributed by atoms with E-state index in [2.05, 4.69) is 28.9 Å². The van der Waals surface area contributed by atoms with Crippen LogP contribution in [0.2, 0.25) is 0 Å². The zero-order valence-electron chi connectivity index (χ0n) is 19.0. The Bertz CT molecular complexity index is 1030. The van der Waals surface area contributed by atoms with Crippen LogP contribution in [0.1, 0.15) is 58.2 Å². The molecule has 0 N–H and O–H groups in total. The van der Waals surface area contributed by atoms with E-state index in [0.29, 0.717) is 30.4 Å². The minimum Gasteiger partial charge on any atom is -0.491 e. The number of aromatic nitrogens is 2. The zero-order valence-corrected chi connectivity index (χ0v) is 19.8. The van der Waals surface area contributed by atoms with Gasteiger partial charge in [-0.3, -0.25) is 0 Å². The summed E-state index contributed by atoms with van der Waals surface area (Å²) in [6, 6.07) is 4.52. The Morgan fingerprint density at radius 1 is 1.28 bits per heavy atom. The van der Waals surface area contributed by atoms with Crippen LogP contribution >= 0.6 is 0 Å². The number of rotatable bonds is 9. The summed E-state index contributed by atoms with van der Waals surface area (Å²) < 4.78 is 49.0. The number of halogens is 1. The van der Waals surface area contributed by atoms with Crippen molar-refractivity contribution >= 4 is 15.9 Å². The predicted octanol–water partition coefficient (Wildman–Crippen LogP) is 4.45. The highest BCUT2D eigenvalue weighted by molar-refractivity contribution is 7.91. The number of anilines is 1. The Labute approximate surface area is 189 Å². The second-order valence-corrected chi connectivity index (χ2v) is 11.5. The zero-order chi connectivity index (χ0) is 22.9. The van der Waals surface area contributed by atoms with Gasteiger partial charge in [0.2, 0.25) is 0 Å². The van der Waals surface area contributed by atoms with Crippen LogP contribution in [0.5, 0.6) is 5.75 Å². The molecule has 2 atom stereocenters. The lowest BCUT2D eigenvalue weighted by Crippen LogP contribution is -2.34. The van der Waals surface area contributed by atoms with Gasteiger partial charge in [-0.05, 0) is 61.6 Å². The summed E-state index contributed by atoms with van der Waals surface area (Å²) in [7, 11) is -3.42. The van der Waals surface area contributed by atoms with Crippen LogP contribution in [0, 0.1) is 23.6 Å². The van der Waals surface area contributed by atoms with Crippen LogP contribution in [0.25, 0.3) is 0 Å². The molecule has 1 aromatic heterocycles. The Kier molecular flexibility index (Phi) is 6.74. The first kappa shape index (κ1) is 23.0. The standard InChI is InChI=1S/C23H32FN3O4S/c1-4-32(28,29)18-5-6-21(20(24)14-18)30-12-9-17-13-19(17)16-7-10-27(11-8-16)23-25-22(15(2)3)26-31-23/h5-6,14-17,19H,4,7-13H2,1-3H3/t17-,19+/m1/s1. The monoisotopic (exact) mass is 465 g/mol. The first-order chi connectivity index (χ1) is 15.3. The number of ether oxygens (including phenoxy) is 1. The molecule has 1 saturated carbocycles. The first-order valence-corrected chi connectivity index (χ1v) is 13.2. The number of hydrogen-bond donors (Lipinski definition) is 0. The van der Waals surface area contributed by atoms with Gasteiger partial charge in [0, 0.05) is 19.0 Å². The van der Waals surface area contributed by atoms with E-state index >= 15 is 0 Å². The molecular weight excluding hydrogens is 433 g/mol. The van der Waals surface area contributed by atoms with Crippen LogP contribution < -0.4 is 9.64 Å². The molecule has 0 bridgehead atoms. The molecule has 0 spiro atoms. The maximum atomic E-state index is 14.2. The van der Waals surface area contributed by atoms with E-state index in [9.17, 15) is 12.8 Å². The molecule has 2 aromatic rings. The largest absolute Gasteiger partial charge is 0.491 e. The molecule has 0 amide bonds. The number of hydrogen-bond acceptors (Lipinski definition) is 7. The van der Waals surface area contributed by atoms with Crippen molar-refractivity contribution in [2.75, 3.05) is 30.3 Å². The summed E-state index contributed by atoms with van der Waals surface area (Å²) in [6.07, 6.45) is 4.32. The quantitative estimate of drug-likeness (QED) is 0.541. The Morgan fingerprint density at radius 3 is 2.66 bits per heavy atom. The number of piperidine rings is 1. The fraction of sp³-hybridized carbons (Fsp3) is 0.652. The molecule has 2 aliphatic rings. The van der Waals surface area contributed by atoms with Gasteiger partial charge in [0.1, 0.15) is 0 Å². The molecule has 1 saturated heterocycles.